The Balaban J connectivity index is 1.48. The van der Waals surface area contributed by atoms with Gasteiger partial charge < -0.3 is 5.32 Å². The van der Waals surface area contributed by atoms with E-state index in [4.69, 9.17) is 0 Å². The molecule has 0 aliphatic heterocycles. The van der Waals surface area contributed by atoms with Crippen molar-refractivity contribution in [3.05, 3.63) is 66.9 Å². The third-order valence-electron chi connectivity index (χ3n) is 4.51. The number of nitrogens with zero attached hydrogens (tertiary/aromatic N) is 2. The number of carbonyl (C=O) groups excluding carboxylic acids is 1. The van der Waals surface area contributed by atoms with Crippen LogP contribution >= 0.6 is 11.3 Å². The van der Waals surface area contributed by atoms with Crippen molar-refractivity contribution in [3.8, 4) is 10.6 Å². The lowest BCUT2D eigenvalue weighted by atomic mass is 10.2. The molecular formula is C22H20N4O3S2. The van der Waals surface area contributed by atoms with E-state index in [0.29, 0.717) is 11.4 Å². The van der Waals surface area contributed by atoms with Crippen molar-refractivity contribution in [2.24, 2.45) is 5.92 Å². The first kappa shape index (κ1) is 21.0. The zero-order valence-corrected chi connectivity index (χ0v) is 18.5. The number of benzene rings is 2. The second kappa shape index (κ2) is 8.44. The lowest BCUT2D eigenvalue weighted by molar-refractivity contribution is -0.118. The second-order valence-electron chi connectivity index (χ2n) is 7.20. The summed E-state index contributed by atoms with van der Waals surface area (Å²) in [6, 6.07) is 16.8. The fraction of sp³-hybridized carbons (Fsp3) is 0.136. The van der Waals surface area contributed by atoms with Gasteiger partial charge in [0.1, 0.15) is 15.4 Å². The molecule has 4 rings (SSSR count). The Bertz CT molecular complexity index is 1300. The van der Waals surface area contributed by atoms with Crippen LogP contribution < -0.4 is 10.0 Å². The minimum absolute atomic E-state index is 0.108. The number of thiazole rings is 1. The van der Waals surface area contributed by atoms with Crippen molar-refractivity contribution in [2.75, 3.05) is 10.0 Å². The summed E-state index contributed by atoms with van der Waals surface area (Å²) in [5.41, 5.74) is 2.71. The number of nitrogens with one attached hydrogen (secondary N) is 2. The van der Waals surface area contributed by atoms with Gasteiger partial charge in [0.25, 0.3) is 10.0 Å². The van der Waals surface area contributed by atoms with Crippen LogP contribution in [0.2, 0.25) is 0 Å². The normalized spacial score (nSPS) is 11.6. The van der Waals surface area contributed by atoms with Gasteiger partial charge in [-0.25, -0.2) is 18.4 Å². The Labute approximate surface area is 184 Å². The molecule has 0 spiro atoms. The van der Waals surface area contributed by atoms with Gasteiger partial charge in [0.15, 0.2) is 0 Å². The van der Waals surface area contributed by atoms with Crippen LogP contribution in [0.1, 0.15) is 13.8 Å². The fourth-order valence-corrected chi connectivity index (χ4v) is 4.76. The number of aromatic nitrogens is 2. The maximum Gasteiger partial charge on any atom is 0.261 e. The van der Waals surface area contributed by atoms with Gasteiger partial charge in [-0.15, -0.1) is 0 Å². The van der Waals surface area contributed by atoms with E-state index in [1.165, 1.54) is 23.5 Å². The van der Waals surface area contributed by atoms with E-state index in [-0.39, 0.29) is 16.7 Å². The fourth-order valence-electron chi connectivity index (χ4n) is 2.79. The summed E-state index contributed by atoms with van der Waals surface area (Å²) in [4.78, 5) is 21.6. The van der Waals surface area contributed by atoms with E-state index >= 15 is 0 Å². The molecule has 2 N–H and O–H groups in total. The summed E-state index contributed by atoms with van der Waals surface area (Å²) >= 11 is 1.48. The van der Waals surface area contributed by atoms with Crippen molar-refractivity contribution >= 4 is 49.0 Å². The highest BCUT2D eigenvalue weighted by Gasteiger charge is 2.15. The van der Waals surface area contributed by atoms with E-state index in [1.807, 2.05) is 24.3 Å². The Morgan fingerprint density at radius 3 is 2.29 bits per heavy atom. The van der Waals surface area contributed by atoms with Gasteiger partial charge in [-0.2, -0.15) is 0 Å². The lowest BCUT2D eigenvalue weighted by Crippen LogP contribution is -2.18. The van der Waals surface area contributed by atoms with Gasteiger partial charge in [0.05, 0.1) is 4.90 Å². The third kappa shape index (κ3) is 4.73. The number of hydrogen-bond donors (Lipinski definition) is 2. The van der Waals surface area contributed by atoms with Crippen LogP contribution in [0.3, 0.4) is 0 Å². The van der Waals surface area contributed by atoms with Crippen LogP contribution in [0.4, 0.5) is 11.4 Å². The molecule has 0 saturated carbocycles. The molecular weight excluding hydrogens is 432 g/mol. The molecule has 9 heteroatoms. The number of anilines is 2. The molecule has 4 aromatic rings. The minimum atomic E-state index is -3.76. The highest BCUT2D eigenvalue weighted by molar-refractivity contribution is 7.92. The summed E-state index contributed by atoms with van der Waals surface area (Å²) in [5, 5.41) is 3.56. The highest BCUT2D eigenvalue weighted by Crippen LogP contribution is 2.29. The van der Waals surface area contributed by atoms with E-state index < -0.39 is 10.0 Å². The van der Waals surface area contributed by atoms with Gasteiger partial charge in [-0.1, -0.05) is 25.2 Å². The Morgan fingerprint density at radius 1 is 0.968 bits per heavy atom. The zero-order valence-electron chi connectivity index (χ0n) is 16.9. The zero-order chi connectivity index (χ0) is 22.0. The Hall–Kier alpha value is -3.30. The number of rotatable bonds is 6. The van der Waals surface area contributed by atoms with Crippen molar-refractivity contribution in [2.45, 2.75) is 18.7 Å². The SMILES string of the molecule is CC(C)C(=O)Nc1ccc(S(=O)(=O)Nc2ccc(-c3nc4cccnc4s3)cc2)cc1. The smallest absolute Gasteiger partial charge is 0.261 e. The van der Waals surface area contributed by atoms with Crippen LogP contribution in [0.15, 0.2) is 71.8 Å². The average Bonchev–Trinajstić information content (AvgIpc) is 3.18. The summed E-state index contributed by atoms with van der Waals surface area (Å²) in [7, 11) is -3.76. The monoisotopic (exact) mass is 452 g/mol. The first-order valence-electron chi connectivity index (χ1n) is 9.57. The van der Waals surface area contributed by atoms with Crippen LogP contribution in [0.25, 0.3) is 20.9 Å². The molecule has 1 amide bonds. The molecule has 0 atom stereocenters. The molecule has 0 bridgehead atoms. The van der Waals surface area contributed by atoms with Crippen LogP contribution in [-0.2, 0) is 14.8 Å². The van der Waals surface area contributed by atoms with Gasteiger partial charge in [0.2, 0.25) is 5.91 Å². The number of amides is 1. The number of hydrogen-bond acceptors (Lipinski definition) is 6. The quantitative estimate of drug-likeness (QED) is 0.439. The van der Waals surface area contributed by atoms with E-state index in [9.17, 15) is 13.2 Å². The van der Waals surface area contributed by atoms with Gasteiger partial charge in [-0.3, -0.25) is 9.52 Å². The minimum Gasteiger partial charge on any atom is -0.326 e. The van der Waals surface area contributed by atoms with Crippen molar-refractivity contribution < 1.29 is 13.2 Å². The lowest BCUT2D eigenvalue weighted by Gasteiger charge is -2.10. The van der Waals surface area contributed by atoms with Gasteiger partial charge in [0, 0.05) is 29.1 Å². The second-order valence-corrected chi connectivity index (χ2v) is 9.86. The number of carbonyl (C=O) groups is 1. The Kier molecular flexibility index (Phi) is 5.71. The molecule has 0 fully saturated rings. The standard InChI is InChI=1S/C22H20N4O3S2/c1-14(2)20(27)24-16-9-11-18(12-10-16)31(28,29)26-17-7-5-15(6-8-17)21-25-19-4-3-13-23-22(19)30-21/h3-14,26H,1-2H3,(H,24,27). The summed E-state index contributed by atoms with van der Waals surface area (Å²) in [6.07, 6.45) is 1.73. The van der Waals surface area contributed by atoms with Crippen molar-refractivity contribution in [1.29, 1.82) is 0 Å². The maximum absolute atomic E-state index is 12.7. The van der Waals surface area contributed by atoms with E-state index in [1.54, 1.807) is 44.3 Å². The molecule has 2 heterocycles. The highest BCUT2D eigenvalue weighted by atomic mass is 32.2. The summed E-state index contributed by atoms with van der Waals surface area (Å²) in [5.74, 6) is -0.287. The molecule has 0 aliphatic rings. The summed E-state index contributed by atoms with van der Waals surface area (Å²) < 4.78 is 28.0. The molecule has 0 aliphatic carbocycles. The summed E-state index contributed by atoms with van der Waals surface area (Å²) in [6.45, 7) is 3.58. The maximum atomic E-state index is 12.7. The predicted molar refractivity (Wildman–Crippen MR) is 124 cm³/mol. The number of sulfonamides is 1. The molecule has 0 saturated heterocycles. The van der Waals surface area contributed by atoms with Crippen LogP contribution in [-0.4, -0.2) is 24.3 Å². The van der Waals surface area contributed by atoms with Crippen molar-refractivity contribution in [1.82, 2.24) is 9.97 Å². The molecule has 2 aromatic heterocycles. The Morgan fingerprint density at radius 2 is 1.65 bits per heavy atom. The third-order valence-corrected chi connectivity index (χ3v) is 6.93. The van der Waals surface area contributed by atoms with Gasteiger partial charge in [-0.05, 0) is 60.7 Å². The van der Waals surface area contributed by atoms with Crippen molar-refractivity contribution in [3.63, 3.8) is 0 Å². The van der Waals surface area contributed by atoms with Gasteiger partial charge >= 0.3 is 0 Å². The average molecular weight is 453 g/mol. The van der Waals surface area contributed by atoms with E-state index in [2.05, 4.69) is 20.0 Å². The van der Waals surface area contributed by atoms with Crippen LogP contribution in [0.5, 0.6) is 0 Å². The topological polar surface area (TPSA) is 101 Å². The molecule has 2 aromatic carbocycles. The number of pyridine rings is 1. The first-order valence-corrected chi connectivity index (χ1v) is 11.9. The number of fused-ring (bicyclic) bond motifs is 1. The predicted octanol–water partition coefficient (Wildman–Crippen LogP) is 4.75. The molecule has 7 nitrogen and oxygen atoms in total. The molecule has 158 valence electrons. The largest absolute Gasteiger partial charge is 0.326 e. The molecule has 0 radical (unpaired) electrons. The van der Waals surface area contributed by atoms with Crippen LogP contribution in [0, 0.1) is 5.92 Å². The molecule has 0 unspecified atom stereocenters. The van der Waals surface area contributed by atoms with E-state index in [0.717, 1.165) is 20.9 Å². The first-order chi connectivity index (χ1) is 14.8. The molecule has 31 heavy (non-hydrogen) atoms.